The minimum Gasteiger partial charge on any atom is -0.393 e. The molecule has 3 heteroatoms. The van der Waals surface area contributed by atoms with Crippen molar-refractivity contribution in [3.8, 4) is 0 Å². The first-order valence-corrected chi connectivity index (χ1v) is 7.01. The first-order valence-electron chi connectivity index (χ1n) is 7.01. The van der Waals surface area contributed by atoms with Gasteiger partial charge in [0.25, 0.3) is 0 Å². The number of aliphatic hydroxyl groups excluding tert-OH is 2. The molecule has 3 nitrogen and oxygen atoms in total. The number of allylic oxidation sites excluding steroid dienone is 1. The summed E-state index contributed by atoms with van der Waals surface area (Å²) in [6.07, 6.45) is 5.49. The highest BCUT2D eigenvalue weighted by Gasteiger charge is 2.71. The largest absolute Gasteiger partial charge is 0.393 e. The van der Waals surface area contributed by atoms with Crippen molar-refractivity contribution in [1.82, 2.24) is 0 Å². The van der Waals surface area contributed by atoms with Gasteiger partial charge in [-0.3, -0.25) is 0 Å². The summed E-state index contributed by atoms with van der Waals surface area (Å²) >= 11 is 0. The Hall–Kier alpha value is -0.380. The van der Waals surface area contributed by atoms with Crippen LogP contribution in [0.5, 0.6) is 0 Å². The van der Waals surface area contributed by atoms with E-state index in [2.05, 4.69) is 26.8 Å². The van der Waals surface area contributed by atoms with E-state index in [0.29, 0.717) is 6.42 Å². The Morgan fingerprint density at radius 3 is 2.78 bits per heavy atom. The summed E-state index contributed by atoms with van der Waals surface area (Å²) in [4.78, 5) is 0. The van der Waals surface area contributed by atoms with Crippen LogP contribution in [0.1, 0.15) is 46.5 Å². The highest BCUT2D eigenvalue weighted by atomic mass is 16.5. The third-order valence-electron chi connectivity index (χ3n) is 6.19. The highest BCUT2D eigenvalue weighted by molar-refractivity contribution is 5.26. The third kappa shape index (κ3) is 1.25. The molecule has 2 fully saturated rings. The second-order valence-electron chi connectivity index (χ2n) is 7.02. The third-order valence-corrected chi connectivity index (χ3v) is 6.19. The molecule has 2 N–H and O–H groups in total. The van der Waals surface area contributed by atoms with E-state index in [9.17, 15) is 10.2 Å². The molecule has 18 heavy (non-hydrogen) atoms. The Morgan fingerprint density at radius 2 is 2.11 bits per heavy atom. The Morgan fingerprint density at radius 1 is 1.39 bits per heavy atom. The van der Waals surface area contributed by atoms with Crippen molar-refractivity contribution in [2.45, 2.75) is 64.3 Å². The average molecular weight is 252 g/mol. The molecule has 0 aromatic heterocycles. The number of aliphatic hydroxyl groups is 2. The number of hydrogen-bond donors (Lipinski definition) is 2. The zero-order valence-electron chi connectivity index (χ0n) is 11.6. The van der Waals surface area contributed by atoms with Crippen molar-refractivity contribution in [3.05, 3.63) is 11.6 Å². The lowest BCUT2D eigenvalue weighted by Crippen LogP contribution is -2.49. The van der Waals surface area contributed by atoms with Crippen LogP contribution in [0.3, 0.4) is 0 Å². The van der Waals surface area contributed by atoms with E-state index < -0.39 is 5.60 Å². The van der Waals surface area contributed by atoms with Gasteiger partial charge in [0, 0.05) is 17.3 Å². The van der Waals surface area contributed by atoms with Gasteiger partial charge >= 0.3 is 0 Å². The summed E-state index contributed by atoms with van der Waals surface area (Å²) in [5, 5.41) is 19.9. The lowest BCUT2D eigenvalue weighted by Gasteiger charge is -2.46. The number of hydrogen-bond acceptors (Lipinski definition) is 3. The molecule has 0 amide bonds. The molecular formula is C15H24O3. The molecule has 1 saturated carbocycles. The molecule has 0 aromatic carbocycles. The van der Waals surface area contributed by atoms with E-state index in [1.807, 2.05) is 0 Å². The van der Waals surface area contributed by atoms with Crippen molar-refractivity contribution in [2.24, 2.45) is 10.8 Å². The summed E-state index contributed by atoms with van der Waals surface area (Å²) in [6, 6.07) is 0. The van der Waals surface area contributed by atoms with Crippen molar-refractivity contribution < 1.29 is 14.9 Å². The number of rotatable bonds is 1. The van der Waals surface area contributed by atoms with Gasteiger partial charge in [0.15, 0.2) is 0 Å². The van der Waals surface area contributed by atoms with Crippen LogP contribution in [-0.4, -0.2) is 34.6 Å². The van der Waals surface area contributed by atoms with Crippen LogP contribution >= 0.6 is 0 Å². The molecule has 0 aromatic rings. The maximum Gasteiger partial charge on any atom is 0.100 e. The van der Waals surface area contributed by atoms with Crippen molar-refractivity contribution in [3.63, 3.8) is 0 Å². The van der Waals surface area contributed by atoms with Crippen LogP contribution in [0.2, 0.25) is 0 Å². The molecule has 5 atom stereocenters. The molecule has 3 aliphatic rings. The summed E-state index contributed by atoms with van der Waals surface area (Å²) in [5.41, 5.74) is 0.741. The average Bonchev–Trinajstić information content (AvgIpc) is 2.65. The molecule has 0 spiro atoms. The molecule has 102 valence electrons. The fourth-order valence-corrected chi connectivity index (χ4v) is 4.67. The lowest BCUT2D eigenvalue weighted by molar-refractivity contribution is -0.0942. The summed E-state index contributed by atoms with van der Waals surface area (Å²) in [6.45, 7) is 6.64. The predicted molar refractivity (Wildman–Crippen MR) is 69.1 cm³/mol. The molecule has 0 radical (unpaired) electrons. The first-order chi connectivity index (χ1) is 8.37. The molecular weight excluding hydrogens is 228 g/mol. The highest BCUT2D eigenvalue weighted by Crippen LogP contribution is 2.68. The monoisotopic (exact) mass is 252 g/mol. The quantitative estimate of drug-likeness (QED) is 0.702. The molecule has 0 unspecified atom stereocenters. The van der Waals surface area contributed by atoms with Gasteiger partial charge in [0.05, 0.1) is 18.8 Å². The topological polar surface area (TPSA) is 49.7 Å². The van der Waals surface area contributed by atoms with Crippen LogP contribution in [0.4, 0.5) is 0 Å². The minimum atomic E-state index is -0.549. The molecule has 1 saturated heterocycles. The Bertz CT molecular complexity index is 405. The van der Waals surface area contributed by atoms with Crippen molar-refractivity contribution >= 4 is 0 Å². The van der Waals surface area contributed by atoms with Crippen molar-refractivity contribution in [1.29, 1.82) is 0 Å². The van der Waals surface area contributed by atoms with Gasteiger partial charge in [-0.1, -0.05) is 25.5 Å². The minimum absolute atomic E-state index is 0.0134. The molecule has 1 aliphatic heterocycles. The predicted octanol–water partition coefficient (Wildman–Crippen LogP) is 2.02. The summed E-state index contributed by atoms with van der Waals surface area (Å²) in [5.74, 6) is 0. The second-order valence-corrected chi connectivity index (χ2v) is 7.02. The van der Waals surface area contributed by atoms with Crippen LogP contribution in [-0.2, 0) is 4.74 Å². The van der Waals surface area contributed by atoms with E-state index in [1.54, 1.807) is 0 Å². The SMILES string of the molecule is CC1=C[C@@H]2O[C@]3(CO)C[C@H](O)C[C@]3(C)[C@@]2(C)CC1. The zero-order valence-corrected chi connectivity index (χ0v) is 11.6. The van der Waals surface area contributed by atoms with E-state index in [-0.39, 0.29) is 29.6 Å². The van der Waals surface area contributed by atoms with Crippen molar-refractivity contribution in [2.75, 3.05) is 6.61 Å². The standard InChI is InChI=1S/C15H24O3/c1-10-4-5-13(2)12(6-10)18-15(9-16)8-11(17)7-14(13,15)3/h6,11-12,16-17H,4-5,7-9H2,1-3H3/t11-,12+,13+,14-,15+/m1/s1. The Labute approximate surface area is 109 Å². The van der Waals surface area contributed by atoms with Gasteiger partial charge in [-0.15, -0.1) is 0 Å². The van der Waals surface area contributed by atoms with E-state index in [1.165, 1.54) is 5.57 Å². The maximum atomic E-state index is 10.0. The Kier molecular flexibility index (Phi) is 2.52. The van der Waals surface area contributed by atoms with Gasteiger partial charge in [-0.05, 0) is 26.2 Å². The summed E-state index contributed by atoms with van der Waals surface area (Å²) in [7, 11) is 0. The van der Waals surface area contributed by atoms with Crippen LogP contribution in [0.15, 0.2) is 11.6 Å². The molecule has 2 aliphatic carbocycles. The smallest absolute Gasteiger partial charge is 0.100 e. The molecule has 3 rings (SSSR count). The molecule has 1 heterocycles. The fraction of sp³-hybridized carbons (Fsp3) is 0.867. The zero-order chi connectivity index (χ0) is 13.2. The number of fused-ring (bicyclic) bond motifs is 3. The Balaban J connectivity index is 2.08. The van der Waals surface area contributed by atoms with Gasteiger partial charge in [-0.2, -0.15) is 0 Å². The van der Waals surface area contributed by atoms with Crippen LogP contribution in [0.25, 0.3) is 0 Å². The molecule has 0 bridgehead atoms. The summed E-state index contributed by atoms with van der Waals surface area (Å²) < 4.78 is 6.29. The van der Waals surface area contributed by atoms with Gasteiger partial charge in [-0.25, -0.2) is 0 Å². The number of ether oxygens (including phenoxy) is 1. The van der Waals surface area contributed by atoms with Gasteiger partial charge < -0.3 is 14.9 Å². The second kappa shape index (κ2) is 3.59. The van der Waals surface area contributed by atoms with Crippen LogP contribution < -0.4 is 0 Å². The first kappa shape index (κ1) is 12.6. The fourth-order valence-electron chi connectivity index (χ4n) is 4.67. The van der Waals surface area contributed by atoms with Gasteiger partial charge in [0.1, 0.15) is 5.60 Å². The lowest BCUT2D eigenvalue weighted by atomic mass is 9.55. The normalized spacial score (nSPS) is 55.1. The maximum absolute atomic E-state index is 10.0. The van der Waals surface area contributed by atoms with E-state index >= 15 is 0 Å². The van der Waals surface area contributed by atoms with E-state index in [4.69, 9.17) is 4.74 Å². The van der Waals surface area contributed by atoms with E-state index in [0.717, 1.165) is 19.3 Å². The van der Waals surface area contributed by atoms with Gasteiger partial charge in [0.2, 0.25) is 0 Å². The van der Waals surface area contributed by atoms with Crippen LogP contribution in [0, 0.1) is 10.8 Å².